The number of halogens is 1. The van der Waals surface area contributed by atoms with Gasteiger partial charge >= 0.3 is 0 Å². The van der Waals surface area contributed by atoms with Crippen molar-refractivity contribution in [3.8, 4) is 0 Å². The zero-order valence-corrected chi connectivity index (χ0v) is 9.91. The maximum atomic E-state index is 11.0. The van der Waals surface area contributed by atoms with Gasteiger partial charge in [0.15, 0.2) is 0 Å². The van der Waals surface area contributed by atoms with E-state index >= 15 is 0 Å². The third kappa shape index (κ3) is 2.42. The van der Waals surface area contributed by atoms with Crippen molar-refractivity contribution in [3.63, 3.8) is 0 Å². The number of aromatic nitrogens is 1. The summed E-state index contributed by atoms with van der Waals surface area (Å²) in [7, 11) is 0. The van der Waals surface area contributed by atoms with Gasteiger partial charge in [0.25, 0.3) is 0 Å². The van der Waals surface area contributed by atoms with Crippen LogP contribution in [0.4, 0.5) is 0 Å². The molecule has 3 heteroatoms. The van der Waals surface area contributed by atoms with Gasteiger partial charge in [0.05, 0.1) is 5.52 Å². The topological polar surface area (TPSA) is 30.0 Å². The van der Waals surface area contributed by atoms with E-state index in [2.05, 4.69) is 20.9 Å². The highest BCUT2D eigenvalue weighted by Gasteiger charge is 2.01. The van der Waals surface area contributed by atoms with Gasteiger partial charge in [0.1, 0.15) is 5.78 Å². The molecule has 1 aromatic carbocycles. The number of carbonyl (C=O) groups is 1. The average Bonchev–Trinajstić information content (AvgIpc) is 2.16. The second-order valence-electron chi connectivity index (χ2n) is 3.56. The monoisotopic (exact) mass is 263 g/mol. The molecule has 2 nitrogen and oxygen atoms in total. The summed E-state index contributed by atoms with van der Waals surface area (Å²) in [6, 6.07) is 7.93. The number of fused-ring (bicyclic) bond motifs is 1. The fraction of sp³-hybridized carbons (Fsp3) is 0.167. The van der Waals surface area contributed by atoms with Crippen LogP contribution in [0, 0.1) is 0 Å². The summed E-state index contributed by atoms with van der Waals surface area (Å²) < 4.78 is 1.02. The Bertz CT molecular complexity index is 522. The van der Waals surface area contributed by atoms with Crippen LogP contribution in [-0.2, 0) is 11.2 Å². The smallest absolute Gasteiger partial charge is 0.134 e. The molecule has 1 aromatic heterocycles. The van der Waals surface area contributed by atoms with E-state index in [1.165, 1.54) is 0 Å². The molecule has 76 valence electrons. The molecule has 0 atom stereocenters. The number of nitrogens with zero attached hydrogens (tertiary/aromatic N) is 1. The number of ketones is 1. The molecule has 0 saturated heterocycles. The normalized spacial score (nSPS) is 10.5. The van der Waals surface area contributed by atoms with Crippen molar-refractivity contribution in [2.24, 2.45) is 0 Å². The minimum Gasteiger partial charge on any atom is -0.300 e. The summed E-state index contributed by atoms with van der Waals surface area (Å²) in [5, 5.41) is 1.06. The molecule has 2 rings (SSSR count). The zero-order valence-electron chi connectivity index (χ0n) is 8.33. The summed E-state index contributed by atoms with van der Waals surface area (Å²) >= 11 is 3.41. The van der Waals surface area contributed by atoms with Crippen molar-refractivity contribution in [2.45, 2.75) is 13.3 Å². The first kappa shape index (κ1) is 10.3. The number of hydrogen-bond acceptors (Lipinski definition) is 2. The van der Waals surface area contributed by atoms with Crippen LogP contribution in [-0.4, -0.2) is 10.8 Å². The van der Waals surface area contributed by atoms with Crippen LogP contribution >= 0.6 is 15.9 Å². The molecule has 0 aliphatic heterocycles. The molecular weight excluding hydrogens is 254 g/mol. The summed E-state index contributed by atoms with van der Waals surface area (Å²) in [5.41, 5.74) is 1.92. The highest BCUT2D eigenvalue weighted by molar-refractivity contribution is 9.10. The molecule has 1 heterocycles. The number of hydrogen-bond donors (Lipinski definition) is 0. The van der Waals surface area contributed by atoms with E-state index in [9.17, 15) is 4.79 Å². The van der Waals surface area contributed by atoms with Crippen LogP contribution in [0.2, 0.25) is 0 Å². The molecule has 15 heavy (non-hydrogen) atoms. The first-order valence-electron chi connectivity index (χ1n) is 4.69. The van der Waals surface area contributed by atoms with Gasteiger partial charge in [-0.05, 0) is 36.8 Å². The fourth-order valence-electron chi connectivity index (χ4n) is 1.53. The summed E-state index contributed by atoms with van der Waals surface area (Å²) in [6.45, 7) is 1.59. The highest BCUT2D eigenvalue weighted by atomic mass is 79.9. The van der Waals surface area contributed by atoms with Crippen molar-refractivity contribution in [2.75, 3.05) is 0 Å². The largest absolute Gasteiger partial charge is 0.300 e. The second-order valence-corrected chi connectivity index (χ2v) is 4.48. The molecule has 0 fully saturated rings. The Kier molecular flexibility index (Phi) is 2.82. The SMILES string of the molecule is CC(=O)Cc1cnc2ccc(Br)cc2c1. The number of carbonyl (C=O) groups excluding carboxylic acids is 1. The van der Waals surface area contributed by atoms with Gasteiger partial charge in [-0.15, -0.1) is 0 Å². The minimum atomic E-state index is 0.158. The van der Waals surface area contributed by atoms with E-state index < -0.39 is 0 Å². The zero-order chi connectivity index (χ0) is 10.8. The van der Waals surface area contributed by atoms with Crippen LogP contribution in [0.1, 0.15) is 12.5 Å². The van der Waals surface area contributed by atoms with Gasteiger partial charge in [-0.1, -0.05) is 15.9 Å². The summed E-state index contributed by atoms with van der Waals surface area (Å²) in [6.07, 6.45) is 2.22. The first-order chi connectivity index (χ1) is 7.15. The van der Waals surface area contributed by atoms with Gasteiger partial charge in [0.2, 0.25) is 0 Å². The Balaban J connectivity index is 2.49. The lowest BCUT2D eigenvalue weighted by atomic mass is 10.1. The predicted octanol–water partition coefficient (Wildman–Crippen LogP) is 3.13. The Morgan fingerprint density at radius 3 is 2.93 bits per heavy atom. The van der Waals surface area contributed by atoms with Crippen LogP contribution in [0.15, 0.2) is 34.9 Å². The van der Waals surface area contributed by atoms with E-state index in [-0.39, 0.29) is 5.78 Å². The molecule has 0 amide bonds. The fourth-order valence-corrected chi connectivity index (χ4v) is 1.91. The molecular formula is C12H10BrNO. The van der Waals surface area contributed by atoms with E-state index in [1.54, 1.807) is 13.1 Å². The van der Waals surface area contributed by atoms with Gasteiger partial charge in [-0.2, -0.15) is 0 Å². The quantitative estimate of drug-likeness (QED) is 0.834. The van der Waals surface area contributed by atoms with E-state index in [0.29, 0.717) is 6.42 Å². The third-order valence-corrected chi connectivity index (χ3v) is 2.65. The molecule has 0 spiro atoms. The van der Waals surface area contributed by atoms with E-state index in [0.717, 1.165) is 20.9 Å². The third-order valence-electron chi connectivity index (χ3n) is 2.15. The lowest BCUT2D eigenvalue weighted by Crippen LogP contribution is -1.96. The van der Waals surface area contributed by atoms with Crippen molar-refractivity contribution < 1.29 is 4.79 Å². The second kappa shape index (κ2) is 4.11. The number of benzene rings is 1. The Morgan fingerprint density at radius 2 is 2.20 bits per heavy atom. The van der Waals surface area contributed by atoms with Gasteiger partial charge < -0.3 is 0 Å². The lowest BCUT2D eigenvalue weighted by molar-refractivity contribution is -0.116. The van der Waals surface area contributed by atoms with Crippen molar-refractivity contribution in [3.05, 3.63) is 40.5 Å². The van der Waals surface area contributed by atoms with Gasteiger partial charge in [0, 0.05) is 22.5 Å². The van der Waals surface area contributed by atoms with Crippen molar-refractivity contribution >= 4 is 32.6 Å². The first-order valence-corrected chi connectivity index (χ1v) is 5.48. The average molecular weight is 264 g/mol. The van der Waals surface area contributed by atoms with Crippen molar-refractivity contribution in [1.29, 1.82) is 0 Å². The molecule has 0 bridgehead atoms. The molecule has 0 aliphatic rings. The molecule has 0 aliphatic carbocycles. The number of pyridine rings is 1. The van der Waals surface area contributed by atoms with Gasteiger partial charge in [-0.3, -0.25) is 9.78 Å². The number of Topliss-reactive ketones (excluding diaryl/α,β-unsaturated/α-hetero) is 1. The van der Waals surface area contributed by atoms with E-state index in [1.807, 2.05) is 24.3 Å². The standard InChI is InChI=1S/C12H10BrNO/c1-8(15)4-9-5-10-6-11(13)2-3-12(10)14-7-9/h2-3,5-7H,4H2,1H3. The maximum Gasteiger partial charge on any atom is 0.134 e. The minimum absolute atomic E-state index is 0.158. The Labute approximate surface area is 96.5 Å². The molecule has 0 N–H and O–H groups in total. The Morgan fingerprint density at radius 1 is 1.40 bits per heavy atom. The summed E-state index contributed by atoms with van der Waals surface area (Å²) in [4.78, 5) is 15.3. The lowest BCUT2D eigenvalue weighted by Gasteiger charge is -2.01. The van der Waals surface area contributed by atoms with Crippen LogP contribution in [0.3, 0.4) is 0 Å². The maximum absolute atomic E-state index is 11.0. The Hall–Kier alpha value is -1.22. The highest BCUT2D eigenvalue weighted by Crippen LogP contribution is 2.19. The summed E-state index contributed by atoms with van der Waals surface area (Å²) in [5.74, 6) is 0.158. The molecule has 0 saturated carbocycles. The van der Waals surface area contributed by atoms with Gasteiger partial charge in [-0.25, -0.2) is 0 Å². The van der Waals surface area contributed by atoms with Crippen LogP contribution in [0.5, 0.6) is 0 Å². The predicted molar refractivity (Wildman–Crippen MR) is 63.8 cm³/mol. The molecule has 0 unspecified atom stereocenters. The number of rotatable bonds is 2. The van der Waals surface area contributed by atoms with Crippen LogP contribution in [0.25, 0.3) is 10.9 Å². The van der Waals surface area contributed by atoms with Crippen molar-refractivity contribution in [1.82, 2.24) is 4.98 Å². The molecule has 2 aromatic rings. The van der Waals surface area contributed by atoms with E-state index in [4.69, 9.17) is 0 Å². The molecule has 0 radical (unpaired) electrons. The van der Waals surface area contributed by atoms with Crippen LogP contribution < -0.4 is 0 Å².